The highest BCUT2D eigenvalue weighted by Crippen LogP contribution is 2.15. The Morgan fingerprint density at radius 1 is 1.03 bits per heavy atom. The normalized spacial score (nSPS) is 11.3. The Balaban J connectivity index is 1.58. The van der Waals surface area contributed by atoms with E-state index in [-0.39, 0.29) is 6.09 Å². The molecule has 1 heterocycles. The first-order valence-corrected chi connectivity index (χ1v) is 12.6. The number of ether oxygens (including phenoxy) is 2. The van der Waals surface area contributed by atoms with Crippen molar-refractivity contribution in [2.24, 2.45) is 0 Å². The van der Waals surface area contributed by atoms with Crippen molar-refractivity contribution in [2.45, 2.75) is 45.9 Å². The molecule has 1 amide bonds. The van der Waals surface area contributed by atoms with Crippen LogP contribution in [0.5, 0.6) is 0 Å². The van der Waals surface area contributed by atoms with Gasteiger partial charge in [0, 0.05) is 36.4 Å². The number of amides is 1. The van der Waals surface area contributed by atoms with Gasteiger partial charge in [-0.05, 0) is 57.0 Å². The summed E-state index contributed by atoms with van der Waals surface area (Å²) in [6.45, 7) is 8.12. The summed E-state index contributed by atoms with van der Waals surface area (Å²) in [4.78, 5) is 26.8. The van der Waals surface area contributed by atoms with Crippen molar-refractivity contribution in [1.82, 2.24) is 20.0 Å². The molecule has 9 heteroatoms. The third-order valence-electron chi connectivity index (χ3n) is 5.47. The van der Waals surface area contributed by atoms with E-state index in [0.29, 0.717) is 49.9 Å². The number of benzene rings is 2. The maximum atomic E-state index is 12.8. The van der Waals surface area contributed by atoms with Crippen LogP contribution < -0.4 is 5.32 Å². The van der Waals surface area contributed by atoms with Crippen LogP contribution in [-0.2, 0) is 29.0 Å². The highest BCUT2D eigenvalue weighted by Gasteiger charge is 2.22. The number of esters is 1. The summed E-state index contributed by atoms with van der Waals surface area (Å²) in [5.41, 5.74) is 2.59. The molecule has 0 saturated heterocycles. The maximum Gasteiger partial charge on any atom is 0.410 e. The lowest BCUT2D eigenvalue weighted by Crippen LogP contribution is -2.40. The molecular formula is C28H35ClN4O4. The monoisotopic (exact) mass is 526 g/mol. The molecule has 0 aliphatic carbocycles. The second-order valence-electron chi connectivity index (χ2n) is 9.71. The van der Waals surface area contributed by atoms with Crippen molar-refractivity contribution in [3.05, 3.63) is 88.2 Å². The molecule has 0 bridgehead atoms. The molecule has 1 aromatic heterocycles. The maximum absolute atomic E-state index is 12.8. The third-order valence-corrected chi connectivity index (χ3v) is 5.72. The molecule has 198 valence electrons. The summed E-state index contributed by atoms with van der Waals surface area (Å²) in [5, 5.41) is 8.46. The molecule has 3 aromatic rings. The van der Waals surface area contributed by atoms with Gasteiger partial charge in [0.15, 0.2) is 5.69 Å². The van der Waals surface area contributed by atoms with Gasteiger partial charge in [-0.15, -0.1) is 0 Å². The van der Waals surface area contributed by atoms with Crippen molar-refractivity contribution in [3.8, 4) is 0 Å². The molecular weight excluding hydrogens is 492 g/mol. The van der Waals surface area contributed by atoms with E-state index < -0.39 is 11.6 Å². The van der Waals surface area contributed by atoms with Crippen LogP contribution in [0.25, 0.3) is 0 Å². The van der Waals surface area contributed by atoms with E-state index in [1.54, 1.807) is 21.7 Å². The average molecular weight is 527 g/mol. The molecule has 0 atom stereocenters. The Kier molecular flexibility index (Phi) is 10.1. The molecule has 3 rings (SSSR count). The van der Waals surface area contributed by atoms with Crippen LogP contribution in [0.4, 0.5) is 4.79 Å². The first-order valence-electron chi connectivity index (χ1n) is 12.3. The van der Waals surface area contributed by atoms with Crippen LogP contribution in [0, 0.1) is 0 Å². The van der Waals surface area contributed by atoms with Crippen molar-refractivity contribution >= 4 is 23.7 Å². The van der Waals surface area contributed by atoms with E-state index in [4.69, 9.17) is 21.1 Å². The summed E-state index contributed by atoms with van der Waals surface area (Å²) in [5.74, 6) is -0.458. The summed E-state index contributed by atoms with van der Waals surface area (Å²) in [6.07, 6.45) is 2.09. The van der Waals surface area contributed by atoms with Crippen LogP contribution >= 0.6 is 11.6 Å². The minimum absolute atomic E-state index is 0.318. The summed E-state index contributed by atoms with van der Waals surface area (Å²) < 4.78 is 12.3. The third kappa shape index (κ3) is 9.22. The second kappa shape index (κ2) is 13.3. The zero-order valence-electron chi connectivity index (χ0n) is 21.9. The second-order valence-corrected chi connectivity index (χ2v) is 10.1. The standard InChI is InChI=1S/C28H35ClN4O4/c1-28(2,3)37-27(35)32(18-22-10-12-24(29)13-11-22)17-16-30-15-14-23-20-33(31-25(23)26(34)36-4)19-21-8-6-5-7-9-21/h5-13,20,30H,14-19H2,1-4H3. The Morgan fingerprint density at radius 3 is 2.38 bits per heavy atom. The van der Waals surface area contributed by atoms with Crippen LogP contribution in [0.2, 0.25) is 5.02 Å². The number of nitrogens with one attached hydrogen (secondary N) is 1. The van der Waals surface area contributed by atoms with Gasteiger partial charge < -0.3 is 19.7 Å². The highest BCUT2D eigenvalue weighted by atomic mass is 35.5. The quantitative estimate of drug-likeness (QED) is 0.281. The van der Waals surface area contributed by atoms with Crippen molar-refractivity contribution in [2.75, 3.05) is 26.7 Å². The van der Waals surface area contributed by atoms with E-state index in [9.17, 15) is 9.59 Å². The fourth-order valence-electron chi connectivity index (χ4n) is 3.70. The van der Waals surface area contributed by atoms with Crippen molar-refractivity contribution in [3.63, 3.8) is 0 Å². The van der Waals surface area contributed by atoms with Crippen molar-refractivity contribution in [1.29, 1.82) is 0 Å². The molecule has 0 saturated carbocycles. The number of carbonyl (C=O) groups is 2. The van der Waals surface area contributed by atoms with Gasteiger partial charge in [0.25, 0.3) is 0 Å². The minimum Gasteiger partial charge on any atom is -0.464 e. The van der Waals surface area contributed by atoms with Gasteiger partial charge in [0.2, 0.25) is 0 Å². The molecule has 0 unspecified atom stereocenters. The smallest absolute Gasteiger partial charge is 0.410 e. The summed E-state index contributed by atoms with van der Waals surface area (Å²) in [7, 11) is 1.35. The van der Waals surface area contributed by atoms with Crippen LogP contribution in [0.3, 0.4) is 0 Å². The largest absolute Gasteiger partial charge is 0.464 e. The molecule has 0 fully saturated rings. The first-order chi connectivity index (χ1) is 17.6. The molecule has 2 aromatic carbocycles. The number of nitrogens with zero attached hydrogens (tertiary/aromatic N) is 3. The molecule has 0 aliphatic heterocycles. The number of methoxy groups -OCH3 is 1. The van der Waals surface area contributed by atoms with E-state index in [1.807, 2.05) is 69.4 Å². The lowest BCUT2D eigenvalue weighted by molar-refractivity contribution is 0.0235. The summed E-state index contributed by atoms with van der Waals surface area (Å²) >= 11 is 6.00. The van der Waals surface area contributed by atoms with Gasteiger partial charge in [0.1, 0.15) is 5.60 Å². The Hall–Kier alpha value is -3.36. The first kappa shape index (κ1) is 28.2. The zero-order valence-corrected chi connectivity index (χ0v) is 22.6. The molecule has 37 heavy (non-hydrogen) atoms. The van der Waals surface area contributed by atoms with E-state index in [1.165, 1.54) is 7.11 Å². The number of hydrogen-bond donors (Lipinski definition) is 1. The number of hydrogen-bond acceptors (Lipinski definition) is 6. The lowest BCUT2D eigenvalue weighted by atomic mass is 10.2. The van der Waals surface area contributed by atoms with Gasteiger partial charge in [-0.3, -0.25) is 4.68 Å². The van der Waals surface area contributed by atoms with Crippen LogP contribution in [0.15, 0.2) is 60.8 Å². The van der Waals surface area contributed by atoms with Gasteiger partial charge in [-0.25, -0.2) is 9.59 Å². The topological polar surface area (TPSA) is 85.7 Å². The van der Waals surface area contributed by atoms with Gasteiger partial charge in [-0.2, -0.15) is 5.10 Å². The van der Waals surface area contributed by atoms with Crippen molar-refractivity contribution < 1.29 is 19.1 Å². The molecule has 1 N–H and O–H groups in total. The Labute approximate surface area is 223 Å². The predicted molar refractivity (Wildman–Crippen MR) is 144 cm³/mol. The molecule has 0 spiro atoms. The number of rotatable bonds is 11. The van der Waals surface area contributed by atoms with E-state index >= 15 is 0 Å². The van der Waals surface area contributed by atoms with Gasteiger partial charge in [0.05, 0.1) is 13.7 Å². The predicted octanol–water partition coefficient (Wildman–Crippen LogP) is 4.94. The Morgan fingerprint density at radius 2 is 1.73 bits per heavy atom. The molecule has 0 aliphatic rings. The average Bonchev–Trinajstić information content (AvgIpc) is 3.25. The van der Waals surface area contributed by atoms with Gasteiger partial charge >= 0.3 is 12.1 Å². The fourth-order valence-corrected chi connectivity index (χ4v) is 3.83. The van der Waals surface area contributed by atoms with Gasteiger partial charge in [-0.1, -0.05) is 54.1 Å². The highest BCUT2D eigenvalue weighted by molar-refractivity contribution is 6.30. The number of halogens is 1. The van der Waals surface area contributed by atoms with E-state index in [2.05, 4.69) is 10.4 Å². The summed E-state index contributed by atoms with van der Waals surface area (Å²) in [6, 6.07) is 17.3. The zero-order chi connectivity index (χ0) is 26.8. The van der Waals surface area contributed by atoms with Crippen LogP contribution in [-0.4, -0.2) is 59.1 Å². The Bertz CT molecular complexity index is 1160. The minimum atomic E-state index is -0.590. The number of aromatic nitrogens is 2. The number of carbonyl (C=O) groups excluding carboxylic acids is 2. The lowest BCUT2D eigenvalue weighted by Gasteiger charge is -2.27. The van der Waals surface area contributed by atoms with E-state index in [0.717, 1.165) is 16.7 Å². The molecule has 0 radical (unpaired) electrons. The van der Waals surface area contributed by atoms with Crippen LogP contribution in [0.1, 0.15) is 48.0 Å². The fraction of sp³-hybridized carbons (Fsp3) is 0.393. The SMILES string of the molecule is COC(=O)c1nn(Cc2ccccc2)cc1CCNCCN(Cc1ccc(Cl)cc1)C(=O)OC(C)(C)C. The molecule has 8 nitrogen and oxygen atoms in total.